The Bertz CT molecular complexity index is 782. The second kappa shape index (κ2) is 9.70. The molecule has 0 saturated heterocycles. The molecule has 0 amide bonds. The SMILES string of the molecule is COC(=O)CC(c1ccc(C)cc1)N(Cc1ccccc1)O[Si](C)(C)C(C)(C)C. The maximum atomic E-state index is 12.3. The summed E-state index contributed by atoms with van der Waals surface area (Å²) in [4.78, 5) is 12.3. The Hall–Kier alpha value is -1.95. The average molecular weight is 414 g/mol. The van der Waals surface area contributed by atoms with E-state index >= 15 is 0 Å². The van der Waals surface area contributed by atoms with Crippen molar-refractivity contribution >= 4 is 14.3 Å². The van der Waals surface area contributed by atoms with E-state index in [4.69, 9.17) is 9.26 Å². The van der Waals surface area contributed by atoms with Crippen molar-refractivity contribution in [1.29, 1.82) is 0 Å². The summed E-state index contributed by atoms with van der Waals surface area (Å²) in [6, 6.07) is 18.3. The summed E-state index contributed by atoms with van der Waals surface area (Å²) in [6.07, 6.45) is 0.237. The van der Waals surface area contributed by atoms with E-state index in [9.17, 15) is 4.79 Å². The van der Waals surface area contributed by atoms with Gasteiger partial charge in [0.1, 0.15) is 0 Å². The van der Waals surface area contributed by atoms with Gasteiger partial charge in [-0.25, -0.2) is 0 Å². The van der Waals surface area contributed by atoms with Gasteiger partial charge in [0.2, 0.25) is 8.32 Å². The number of carbonyl (C=O) groups is 1. The predicted molar refractivity (Wildman–Crippen MR) is 121 cm³/mol. The summed E-state index contributed by atoms with van der Waals surface area (Å²) in [5.41, 5.74) is 3.38. The first-order chi connectivity index (χ1) is 13.5. The molecule has 2 aromatic carbocycles. The summed E-state index contributed by atoms with van der Waals surface area (Å²) in [5.74, 6) is -0.243. The van der Waals surface area contributed by atoms with E-state index in [1.807, 2.05) is 23.3 Å². The molecule has 0 aliphatic rings. The molecule has 0 aliphatic heterocycles. The second-order valence-corrected chi connectivity index (χ2v) is 13.8. The number of rotatable bonds is 8. The highest BCUT2D eigenvalue weighted by atomic mass is 28.4. The van der Waals surface area contributed by atoms with E-state index in [2.05, 4.69) is 77.2 Å². The van der Waals surface area contributed by atoms with Gasteiger partial charge in [-0.05, 0) is 36.2 Å². The highest BCUT2D eigenvalue weighted by molar-refractivity contribution is 6.74. The minimum absolute atomic E-state index is 0.0467. The summed E-state index contributed by atoms with van der Waals surface area (Å²) in [6.45, 7) is 13.8. The molecule has 1 atom stereocenters. The lowest BCUT2D eigenvalue weighted by Crippen LogP contribution is -2.47. The number of hydroxylamine groups is 2. The monoisotopic (exact) mass is 413 g/mol. The third-order valence-corrected chi connectivity index (χ3v) is 10.0. The van der Waals surface area contributed by atoms with Gasteiger partial charge in [-0.3, -0.25) is 4.79 Å². The fourth-order valence-corrected chi connectivity index (χ4v) is 3.87. The Kier molecular flexibility index (Phi) is 7.80. The minimum Gasteiger partial charge on any atom is -0.469 e. The largest absolute Gasteiger partial charge is 0.469 e. The number of nitrogens with zero attached hydrogens (tertiary/aromatic N) is 1. The molecule has 2 rings (SSSR count). The molecule has 0 saturated carbocycles. The third-order valence-electron chi connectivity index (χ3n) is 5.73. The van der Waals surface area contributed by atoms with Crippen LogP contribution in [0.5, 0.6) is 0 Å². The maximum Gasteiger partial charge on any atom is 0.307 e. The zero-order valence-corrected chi connectivity index (χ0v) is 19.9. The van der Waals surface area contributed by atoms with Crippen LogP contribution in [0.15, 0.2) is 54.6 Å². The Balaban J connectivity index is 2.46. The summed E-state index contributed by atoms with van der Waals surface area (Å²) < 4.78 is 11.8. The molecule has 1 unspecified atom stereocenters. The van der Waals surface area contributed by atoms with Gasteiger partial charge in [0.05, 0.1) is 19.6 Å². The van der Waals surface area contributed by atoms with Gasteiger partial charge in [0, 0.05) is 6.54 Å². The lowest BCUT2D eigenvalue weighted by molar-refractivity contribution is -0.153. The maximum absolute atomic E-state index is 12.3. The van der Waals surface area contributed by atoms with Crippen LogP contribution in [-0.4, -0.2) is 26.5 Å². The number of aryl methyl sites for hydroxylation is 1. The summed E-state index contributed by atoms with van der Waals surface area (Å²) in [5, 5.41) is 2.05. The number of hydrogen-bond acceptors (Lipinski definition) is 4. The van der Waals surface area contributed by atoms with E-state index in [1.54, 1.807) is 0 Å². The van der Waals surface area contributed by atoms with Crippen molar-refractivity contribution in [2.24, 2.45) is 0 Å². The molecular formula is C24H35NO3Si. The predicted octanol–water partition coefficient (Wildman–Crippen LogP) is 6.04. The van der Waals surface area contributed by atoms with Gasteiger partial charge in [0.15, 0.2) is 0 Å². The van der Waals surface area contributed by atoms with Crippen molar-refractivity contribution in [3.05, 3.63) is 71.3 Å². The number of methoxy groups -OCH3 is 1. The van der Waals surface area contributed by atoms with Crippen LogP contribution in [0.25, 0.3) is 0 Å². The van der Waals surface area contributed by atoms with Crippen LogP contribution < -0.4 is 0 Å². The Morgan fingerprint density at radius 2 is 1.62 bits per heavy atom. The first-order valence-electron chi connectivity index (χ1n) is 10.2. The Labute approximate surface area is 176 Å². The fraction of sp³-hybridized carbons (Fsp3) is 0.458. The van der Waals surface area contributed by atoms with Crippen LogP contribution in [-0.2, 0) is 20.6 Å². The first kappa shape index (κ1) is 23.3. The standard InChI is InChI=1S/C24H35NO3Si/c1-19-13-15-21(16-14-19)22(17-23(26)27-5)25(18-20-11-9-8-10-12-20)28-29(6,7)24(2,3)4/h8-16,22H,17-18H2,1-7H3. The lowest BCUT2D eigenvalue weighted by Gasteiger charge is -2.42. The molecule has 0 aromatic heterocycles. The van der Waals surface area contributed by atoms with Gasteiger partial charge in [-0.1, -0.05) is 80.9 Å². The van der Waals surface area contributed by atoms with Crippen LogP contribution in [0.2, 0.25) is 18.1 Å². The molecular weight excluding hydrogens is 378 g/mol. The molecule has 5 heteroatoms. The zero-order chi connectivity index (χ0) is 21.7. The van der Waals surface area contributed by atoms with Crippen molar-refractivity contribution in [2.45, 2.75) is 64.8 Å². The van der Waals surface area contributed by atoms with E-state index in [-0.39, 0.29) is 23.5 Å². The zero-order valence-electron chi connectivity index (χ0n) is 18.9. The normalized spacial score (nSPS) is 13.4. The molecule has 0 heterocycles. The smallest absolute Gasteiger partial charge is 0.307 e. The average Bonchev–Trinajstić information content (AvgIpc) is 2.66. The molecule has 29 heavy (non-hydrogen) atoms. The van der Waals surface area contributed by atoms with Crippen molar-refractivity contribution in [1.82, 2.24) is 5.06 Å². The minimum atomic E-state index is -2.12. The highest BCUT2D eigenvalue weighted by Gasteiger charge is 2.41. The van der Waals surface area contributed by atoms with Crippen LogP contribution >= 0.6 is 0 Å². The number of carbonyl (C=O) groups excluding carboxylic acids is 1. The topological polar surface area (TPSA) is 38.8 Å². The molecule has 0 N–H and O–H groups in total. The van der Waals surface area contributed by atoms with E-state index in [0.29, 0.717) is 6.54 Å². The van der Waals surface area contributed by atoms with Gasteiger partial charge >= 0.3 is 5.97 Å². The van der Waals surface area contributed by atoms with Crippen molar-refractivity contribution < 1.29 is 14.1 Å². The molecule has 158 valence electrons. The lowest BCUT2D eigenvalue weighted by atomic mass is 10.0. The van der Waals surface area contributed by atoms with Crippen molar-refractivity contribution in [2.75, 3.05) is 7.11 Å². The molecule has 4 nitrogen and oxygen atoms in total. The fourth-order valence-electron chi connectivity index (χ4n) is 2.82. The van der Waals surface area contributed by atoms with Crippen LogP contribution in [0, 0.1) is 6.92 Å². The van der Waals surface area contributed by atoms with Crippen LogP contribution in [0.1, 0.15) is 49.9 Å². The van der Waals surface area contributed by atoms with Crippen molar-refractivity contribution in [3.8, 4) is 0 Å². The summed E-state index contributed by atoms with van der Waals surface area (Å²) >= 11 is 0. The quantitative estimate of drug-likeness (QED) is 0.300. The first-order valence-corrected chi connectivity index (χ1v) is 13.1. The Morgan fingerprint density at radius 1 is 1.03 bits per heavy atom. The van der Waals surface area contributed by atoms with Crippen LogP contribution in [0.3, 0.4) is 0 Å². The Morgan fingerprint density at radius 3 is 2.14 bits per heavy atom. The van der Waals surface area contributed by atoms with Gasteiger partial charge in [0.25, 0.3) is 0 Å². The van der Waals surface area contributed by atoms with E-state index in [1.165, 1.54) is 12.7 Å². The molecule has 2 aromatic rings. The van der Waals surface area contributed by atoms with Gasteiger partial charge in [-0.15, -0.1) is 0 Å². The molecule has 0 aliphatic carbocycles. The number of ether oxygens (including phenoxy) is 1. The number of benzene rings is 2. The number of hydrogen-bond donors (Lipinski definition) is 0. The summed E-state index contributed by atoms with van der Waals surface area (Å²) in [7, 11) is -0.681. The molecule has 0 bridgehead atoms. The van der Waals surface area contributed by atoms with E-state index < -0.39 is 8.32 Å². The van der Waals surface area contributed by atoms with E-state index in [0.717, 1.165) is 11.1 Å². The van der Waals surface area contributed by atoms with Gasteiger partial charge < -0.3 is 9.26 Å². The molecule has 0 spiro atoms. The second-order valence-electron chi connectivity index (χ2n) is 9.12. The highest BCUT2D eigenvalue weighted by Crippen LogP contribution is 2.39. The van der Waals surface area contributed by atoms with Gasteiger partial charge in [-0.2, -0.15) is 5.06 Å². The van der Waals surface area contributed by atoms with Crippen LogP contribution in [0.4, 0.5) is 0 Å². The molecule has 0 radical (unpaired) electrons. The number of esters is 1. The molecule has 0 fully saturated rings. The third kappa shape index (κ3) is 6.52. The van der Waals surface area contributed by atoms with Crippen molar-refractivity contribution in [3.63, 3.8) is 0 Å².